The number of phenolic OH excluding ortho intramolecular Hbond substituents is 1. The summed E-state index contributed by atoms with van der Waals surface area (Å²) in [7, 11) is 3.29. The van der Waals surface area contributed by atoms with Gasteiger partial charge >= 0.3 is 0 Å². The number of nitrogens with zero attached hydrogens (tertiary/aromatic N) is 1. The van der Waals surface area contributed by atoms with Crippen molar-refractivity contribution in [2.45, 2.75) is 13.0 Å². The molecule has 0 aliphatic carbocycles. The van der Waals surface area contributed by atoms with Gasteiger partial charge in [0, 0.05) is 19.7 Å². The minimum absolute atomic E-state index is 0.0277. The Morgan fingerprint density at radius 2 is 2.24 bits per heavy atom. The lowest BCUT2D eigenvalue weighted by Crippen LogP contribution is -2.37. The number of phenols is 1. The zero-order valence-corrected chi connectivity index (χ0v) is 10.9. The number of aromatic hydroxyl groups is 1. The summed E-state index contributed by atoms with van der Waals surface area (Å²) in [5.74, 6) is -0.188. The van der Waals surface area contributed by atoms with Gasteiger partial charge in [0.25, 0.3) is 5.91 Å². The lowest BCUT2D eigenvalue weighted by molar-refractivity contribution is 0.0633. The van der Waals surface area contributed by atoms with Crippen LogP contribution in [0.1, 0.15) is 17.3 Å². The fraction of sp³-hybridized carbons (Fsp3) is 0.417. The van der Waals surface area contributed by atoms with E-state index in [1.807, 2.05) is 6.92 Å². The summed E-state index contributed by atoms with van der Waals surface area (Å²) in [6.07, 6.45) is 0. The Labute approximate surface area is 106 Å². The van der Waals surface area contributed by atoms with Crippen molar-refractivity contribution >= 4 is 17.5 Å². The summed E-state index contributed by atoms with van der Waals surface area (Å²) in [4.78, 5) is 13.6. The third-order valence-corrected chi connectivity index (χ3v) is 2.89. The van der Waals surface area contributed by atoms with Crippen molar-refractivity contribution in [1.82, 2.24) is 4.90 Å². The second kappa shape index (κ2) is 5.89. The van der Waals surface area contributed by atoms with E-state index in [0.29, 0.717) is 12.2 Å². The molecule has 0 heterocycles. The molecule has 0 fully saturated rings. The molecule has 1 unspecified atom stereocenters. The molecule has 0 aliphatic rings. The number of likely N-dealkylation sites (N-methyl/N-ethyl adjacent to an activating group) is 1. The zero-order chi connectivity index (χ0) is 13.0. The molecule has 1 atom stereocenters. The number of benzene rings is 1. The highest BCUT2D eigenvalue weighted by atomic mass is 35.5. The number of rotatable bonds is 4. The van der Waals surface area contributed by atoms with E-state index in [1.54, 1.807) is 25.1 Å². The average molecular weight is 258 g/mol. The van der Waals surface area contributed by atoms with Gasteiger partial charge in [0.1, 0.15) is 5.75 Å². The van der Waals surface area contributed by atoms with Gasteiger partial charge in [-0.05, 0) is 25.1 Å². The van der Waals surface area contributed by atoms with Gasteiger partial charge in [-0.2, -0.15) is 0 Å². The van der Waals surface area contributed by atoms with Gasteiger partial charge in [0.15, 0.2) is 0 Å². The molecule has 0 radical (unpaired) electrons. The monoisotopic (exact) mass is 257 g/mol. The van der Waals surface area contributed by atoms with Crippen LogP contribution < -0.4 is 0 Å². The largest absolute Gasteiger partial charge is 0.506 e. The molecule has 1 N–H and O–H groups in total. The van der Waals surface area contributed by atoms with Crippen molar-refractivity contribution in [3.63, 3.8) is 0 Å². The smallest absolute Gasteiger partial charge is 0.253 e. The van der Waals surface area contributed by atoms with Crippen LogP contribution in [0.5, 0.6) is 5.75 Å². The molecule has 0 aliphatic heterocycles. The zero-order valence-electron chi connectivity index (χ0n) is 10.1. The molecule has 0 aromatic heterocycles. The van der Waals surface area contributed by atoms with E-state index in [9.17, 15) is 9.90 Å². The SMILES string of the molecule is COCC(C)N(C)C(=O)c1ccc(O)c(Cl)c1. The van der Waals surface area contributed by atoms with Crippen molar-refractivity contribution < 1.29 is 14.6 Å². The number of amides is 1. The van der Waals surface area contributed by atoms with Crippen LogP contribution in [-0.4, -0.2) is 42.7 Å². The van der Waals surface area contributed by atoms with Gasteiger partial charge in [0.2, 0.25) is 0 Å². The fourth-order valence-electron chi connectivity index (χ4n) is 1.40. The van der Waals surface area contributed by atoms with Crippen LogP contribution in [0.25, 0.3) is 0 Å². The second-order valence-corrected chi connectivity index (χ2v) is 4.29. The van der Waals surface area contributed by atoms with Crippen LogP contribution >= 0.6 is 11.6 Å². The maximum absolute atomic E-state index is 12.1. The first-order valence-corrected chi connectivity index (χ1v) is 5.59. The van der Waals surface area contributed by atoms with Crippen molar-refractivity contribution in [2.24, 2.45) is 0 Å². The normalized spacial score (nSPS) is 12.2. The van der Waals surface area contributed by atoms with E-state index in [1.165, 1.54) is 12.1 Å². The van der Waals surface area contributed by atoms with E-state index in [2.05, 4.69) is 0 Å². The Kier molecular flexibility index (Phi) is 4.78. The van der Waals surface area contributed by atoms with Crippen LogP contribution in [0.4, 0.5) is 0 Å². The summed E-state index contributed by atoms with van der Waals surface area (Å²) in [5, 5.41) is 9.45. The first-order chi connectivity index (χ1) is 7.97. The predicted molar refractivity (Wildman–Crippen MR) is 66.5 cm³/mol. The summed E-state index contributed by atoms with van der Waals surface area (Å²) in [5.41, 5.74) is 0.443. The summed E-state index contributed by atoms with van der Waals surface area (Å²) in [6.45, 7) is 2.36. The molecular formula is C12H16ClNO3. The minimum atomic E-state index is -0.156. The third-order valence-electron chi connectivity index (χ3n) is 2.58. The standard InChI is InChI=1S/C12H16ClNO3/c1-8(7-17-3)14(2)12(16)9-4-5-11(15)10(13)6-9/h4-6,8,15H,7H2,1-3H3. The van der Waals surface area contributed by atoms with Crippen LogP contribution in [-0.2, 0) is 4.74 Å². The number of methoxy groups -OCH3 is 1. The first kappa shape index (κ1) is 13.8. The summed E-state index contributed by atoms with van der Waals surface area (Å²) in [6, 6.07) is 4.37. The lowest BCUT2D eigenvalue weighted by atomic mass is 10.1. The Hall–Kier alpha value is -1.26. The number of hydrogen-bond donors (Lipinski definition) is 1. The Bertz CT molecular complexity index is 409. The second-order valence-electron chi connectivity index (χ2n) is 3.89. The highest BCUT2D eigenvalue weighted by Gasteiger charge is 2.18. The van der Waals surface area contributed by atoms with Gasteiger partial charge in [0.05, 0.1) is 17.7 Å². The van der Waals surface area contributed by atoms with Crippen molar-refractivity contribution in [1.29, 1.82) is 0 Å². The molecule has 0 saturated heterocycles. The van der Waals surface area contributed by atoms with Crippen LogP contribution in [0, 0.1) is 0 Å². The van der Waals surface area contributed by atoms with E-state index >= 15 is 0 Å². The number of carbonyl (C=O) groups excluding carboxylic acids is 1. The van der Waals surface area contributed by atoms with Crippen molar-refractivity contribution in [3.05, 3.63) is 28.8 Å². The maximum Gasteiger partial charge on any atom is 0.253 e. The molecule has 0 bridgehead atoms. The number of carbonyl (C=O) groups is 1. The molecule has 1 rings (SSSR count). The minimum Gasteiger partial charge on any atom is -0.506 e. The fourth-order valence-corrected chi connectivity index (χ4v) is 1.58. The molecule has 17 heavy (non-hydrogen) atoms. The van der Waals surface area contributed by atoms with Crippen molar-refractivity contribution in [3.8, 4) is 5.75 Å². The Morgan fingerprint density at radius 3 is 2.76 bits per heavy atom. The summed E-state index contributed by atoms with van der Waals surface area (Å²) >= 11 is 5.76. The lowest BCUT2D eigenvalue weighted by Gasteiger charge is -2.24. The maximum atomic E-state index is 12.1. The van der Waals surface area contributed by atoms with E-state index in [4.69, 9.17) is 16.3 Å². The molecule has 1 aromatic carbocycles. The molecular weight excluding hydrogens is 242 g/mol. The molecule has 0 saturated carbocycles. The summed E-state index contributed by atoms with van der Waals surface area (Å²) < 4.78 is 4.99. The predicted octanol–water partition coefficient (Wildman–Crippen LogP) is 2.15. The molecule has 0 spiro atoms. The van der Waals surface area contributed by atoms with Gasteiger partial charge in [-0.15, -0.1) is 0 Å². The van der Waals surface area contributed by atoms with Crippen LogP contribution in [0.3, 0.4) is 0 Å². The van der Waals surface area contributed by atoms with E-state index in [-0.39, 0.29) is 22.7 Å². The average Bonchev–Trinajstić information content (AvgIpc) is 2.31. The molecule has 1 aromatic rings. The highest BCUT2D eigenvalue weighted by molar-refractivity contribution is 6.32. The van der Waals surface area contributed by atoms with E-state index in [0.717, 1.165) is 0 Å². The van der Waals surface area contributed by atoms with Gasteiger partial charge in [-0.25, -0.2) is 0 Å². The quantitative estimate of drug-likeness (QED) is 0.899. The molecule has 94 valence electrons. The van der Waals surface area contributed by atoms with Crippen molar-refractivity contribution in [2.75, 3.05) is 20.8 Å². The molecule has 1 amide bonds. The van der Waals surface area contributed by atoms with Gasteiger partial charge < -0.3 is 14.7 Å². The Morgan fingerprint density at radius 1 is 1.59 bits per heavy atom. The Balaban J connectivity index is 2.85. The van der Waals surface area contributed by atoms with Gasteiger partial charge in [-0.3, -0.25) is 4.79 Å². The first-order valence-electron chi connectivity index (χ1n) is 5.22. The van der Waals surface area contributed by atoms with E-state index < -0.39 is 0 Å². The third kappa shape index (κ3) is 3.35. The van der Waals surface area contributed by atoms with Crippen LogP contribution in [0.15, 0.2) is 18.2 Å². The topological polar surface area (TPSA) is 49.8 Å². The van der Waals surface area contributed by atoms with Crippen LogP contribution in [0.2, 0.25) is 5.02 Å². The molecule has 4 nitrogen and oxygen atoms in total. The van der Waals surface area contributed by atoms with Gasteiger partial charge in [-0.1, -0.05) is 11.6 Å². The number of ether oxygens (including phenoxy) is 1. The molecule has 5 heteroatoms. The highest BCUT2D eigenvalue weighted by Crippen LogP contribution is 2.24. The number of hydrogen-bond acceptors (Lipinski definition) is 3. The number of halogens is 1.